The molecular weight excluding hydrogens is 638 g/mol. The molecule has 0 aliphatic heterocycles. The molecule has 0 radical (unpaired) electrons. The van der Waals surface area contributed by atoms with E-state index in [1.807, 2.05) is 38.2 Å². The fraction of sp³-hybridized carbons (Fsp3) is 0.625. The number of allylic oxidation sites excluding steroid dienone is 5. The van der Waals surface area contributed by atoms with Crippen LogP contribution in [-0.4, -0.2) is 23.0 Å². The molecule has 0 N–H and O–H groups in total. The monoisotopic (exact) mass is 716 g/mol. The third-order valence-corrected chi connectivity index (χ3v) is 10.8. The van der Waals surface area contributed by atoms with E-state index in [1.165, 1.54) is 131 Å². The number of benzene rings is 2. The van der Waals surface area contributed by atoms with Crippen LogP contribution in [0.4, 0.5) is 0 Å². The third kappa shape index (κ3) is 15.1. The Hall–Kier alpha value is -1.67. The molecule has 0 saturated carbocycles. The Morgan fingerprint density at radius 1 is 0.660 bits per heavy atom. The number of fused-ring (bicyclic) bond motifs is 1. The zero-order valence-corrected chi connectivity index (χ0v) is 36.0. The van der Waals surface area contributed by atoms with Crippen LogP contribution in [0.25, 0.3) is 17.2 Å². The quantitative estimate of drug-likeness (QED) is 0.0707. The first-order chi connectivity index (χ1) is 23.5. The SMILES string of the molecule is CC=CC=CC.CCCCCCCCCCN(C(CCCCCCCC)C(C)(C)C1C(C)=Cc2c(-c3ccccc3)cccc21)C(C)(C)C.[Ti+2]. The number of hydrogen-bond acceptors (Lipinski definition) is 1. The maximum atomic E-state index is 2.95. The summed E-state index contributed by atoms with van der Waals surface area (Å²) in [6.45, 7) is 24.9. The zero-order valence-electron chi connectivity index (χ0n) is 34.4. The molecule has 0 spiro atoms. The van der Waals surface area contributed by atoms with Crippen LogP contribution in [0.1, 0.15) is 183 Å². The van der Waals surface area contributed by atoms with Gasteiger partial charge in [0.15, 0.2) is 0 Å². The molecule has 0 fully saturated rings. The number of hydrogen-bond donors (Lipinski definition) is 0. The standard InChI is InChI=1S/C42H67N.C6H10.Ti/c1-9-11-13-15-17-18-20-25-32-43(41(4,5)6)39(31-24-19-16-14-12-10-2)42(7,8)40-34(3)33-38-36(29-26-30-37(38)40)35-27-22-21-23-28-35;1-3-5-6-4-2;/h21-23,26-30,33,39-40H,9-20,24-25,31-32H2,1-8H3;3-6H,1-2H3;/q;;+2. The summed E-state index contributed by atoms with van der Waals surface area (Å²) in [5.74, 6) is 0.444. The Kier molecular flexibility index (Phi) is 23.5. The van der Waals surface area contributed by atoms with E-state index in [4.69, 9.17) is 0 Å². The Labute approximate surface area is 326 Å². The minimum Gasteiger partial charge on any atom is -0.295 e. The summed E-state index contributed by atoms with van der Waals surface area (Å²) in [6, 6.07) is 18.6. The molecule has 2 aromatic rings. The molecule has 2 unspecified atom stereocenters. The van der Waals surface area contributed by atoms with Crippen LogP contribution in [-0.2, 0) is 21.7 Å². The maximum absolute atomic E-state index is 2.95. The molecule has 0 aromatic heterocycles. The first-order valence-electron chi connectivity index (χ1n) is 20.4. The first-order valence-corrected chi connectivity index (χ1v) is 20.4. The molecular formula is C48H77NTi+2. The second-order valence-corrected chi connectivity index (χ2v) is 16.3. The third-order valence-electron chi connectivity index (χ3n) is 10.8. The van der Waals surface area contributed by atoms with Gasteiger partial charge in [0.1, 0.15) is 0 Å². The topological polar surface area (TPSA) is 3.24 Å². The predicted molar refractivity (Wildman–Crippen MR) is 223 cm³/mol. The maximum Gasteiger partial charge on any atom is 2.00 e. The summed E-state index contributed by atoms with van der Waals surface area (Å²) in [7, 11) is 0. The molecule has 50 heavy (non-hydrogen) atoms. The Bertz CT molecular complexity index is 1230. The van der Waals surface area contributed by atoms with Crippen molar-refractivity contribution in [3.05, 3.63) is 89.5 Å². The Morgan fingerprint density at radius 2 is 1.18 bits per heavy atom. The van der Waals surface area contributed by atoms with Gasteiger partial charge in [0.25, 0.3) is 0 Å². The molecule has 2 aromatic carbocycles. The zero-order chi connectivity index (χ0) is 36.1. The fourth-order valence-corrected chi connectivity index (χ4v) is 8.25. The summed E-state index contributed by atoms with van der Waals surface area (Å²) < 4.78 is 0. The molecule has 1 nitrogen and oxygen atoms in total. The smallest absolute Gasteiger partial charge is 0.295 e. The summed E-state index contributed by atoms with van der Waals surface area (Å²) in [4.78, 5) is 2.95. The van der Waals surface area contributed by atoms with E-state index in [0.29, 0.717) is 12.0 Å². The predicted octanol–water partition coefficient (Wildman–Crippen LogP) is 15.4. The molecule has 0 saturated heterocycles. The van der Waals surface area contributed by atoms with Crippen LogP contribution in [0.15, 0.2) is 78.4 Å². The van der Waals surface area contributed by atoms with E-state index in [1.54, 1.807) is 0 Å². The average Bonchev–Trinajstić information content (AvgIpc) is 3.43. The van der Waals surface area contributed by atoms with Gasteiger partial charge in [-0.2, -0.15) is 0 Å². The van der Waals surface area contributed by atoms with Gasteiger partial charge < -0.3 is 0 Å². The van der Waals surface area contributed by atoms with Gasteiger partial charge in [-0.15, -0.1) is 0 Å². The second-order valence-electron chi connectivity index (χ2n) is 16.3. The van der Waals surface area contributed by atoms with Crippen LogP contribution in [0, 0.1) is 5.41 Å². The van der Waals surface area contributed by atoms with Crippen LogP contribution >= 0.6 is 0 Å². The largest absolute Gasteiger partial charge is 2.00 e. The van der Waals surface area contributed by atoms with Crippen molar-refractivity contribution in [2.75, 3.05) is 6.54 Å². The van der Waals surface area contributed by atoms with Crippen LogP contribution in [0.3, 0.4) is 0 Å². The van der Waals surface area contributed by atoms with Crippen molar-refractivity contribution in [2.24, 2.45) is 5.41 Å². The fourth-order valence-electron chi connectivity index (χ4n) is 8.25. The van der Waals surface area contributed by atoms with E-state index in [-0.39, 0.29) is 32.7 Å². The van der Waals surface area contributed by atoms with E-state index < -0.39 is 0 Å². The number of nitrogens with zero attached hydrogens (tertiary/aromatic N) is 1. The first kappa shape index (κ1) is 46.4. The normalized spacial score (nSPS) is 15.2. The van der Waals surface area contributed by atoms with Crippen molar-refractivity contribution in [3.63, 3.8) is 0 Å². The number of unbranched alkanes of at least 4 members (excludes halogenated alkanes) is 12. The summed E-state index contributed by atoms with van der Waals surface area (Å²) in [6.07, 6.45) is 31.1. The summed E-state index contributed by atoms with van der Waals surface area (Å²) in [5, 5.41) is 0. The van der Waals surface area contributed by atoms with Gasteiger partial charge in [-0.1, -0.05) is 196 Å². The molecule has 276 valence electrons. The van der Waals surface area contributed by atoms with Gasteiger partial charge in [0.05, 0.1) is 0 Å². The molecule has 2 heteroatoms. The minimum absolute atomic E-state index is 0. The molecule has 3 rings (SSSR count). The molecule has 1 aliphatic rings. The summed E-state index contributed by atoms with van der Waals surface area (Å²) >= 11 is 0. The Morgan fingerprint density at radius 3 is 1.70 bits per heavy atom. The second kappa shape index (κ2) is 25.3. The average molecular weight is 716 g/mol. The molecule has 0 bridgehead atoms. The van der Waals surface area contributed by atoms with Gasteiger partial charge in [0.2, 0.25) is 0 Å². The van der Waals surface area contributed by atoms with E-state index in [9.17, 15) is 0 Å². The van der Waals surface area contributed by atoms with E-state index >= 15 is 0 Å². The van der Waals surface area contributed by atoms with E-state index in [2.05, 4.69) is 115 Å². The van der Waals surface area contributed by atoms with Crippen LogP contribution in [0.5, 0.6) is 0 Å². The van der Waals surface area contributed by atoms with Crippen LogP contribution < -0.4 is 0 Å². The van der Waals surface area contributed by atoms with Crippen molar-refractivity contribution < 1.29 is 21.7 Å². The van der Waals surface area contributed by atoms with Gasteiger partial charge in [-0.3, -0.25) is 4.90 Å². The molecule has 1 aliphatic carbocycles. The summed E-state index contributed by atoms with van der Waals surface area (Å²) in [5.41, 5.74) is 7.52. The molecule has 0 amide bonds. The van der Waals surface area contributed by atoms with Crippen molar-refractivity contribution >= 4 is 6.08 Å². The molecule has 0 heterocycles. The van der Waals surface area contributed by atoms with Gasteiger partial charge in [0, 0.05) is 17.5 Å². The van der Waals surface area contributed by atoms with Crippen molar-refractivity contribution in [3.8, 4) is 11.1 Å². The van der Waals surface area contributed by atoms with Gasteiger partial charge >= 0.3 is 21.7 Å². The van der Waals surface area contributed by atoms with Crippen molar-refractivity contribution in [1.29, 1.82) is 0 Å². The minimum atomic E-state index is 0. The van der Waals surface area contributed by atoms with Gasteiger partial charge in [-0.25, -0.2) is 0 Å². The van der Waals surface area contributed by atoms with E-state index in [0.717, 1.165) is 0 Å². The van der Waals surface area contributed by atoms with Gasteiger partial charge in [-0.05, 0) is 88.6 Å². The van der Waals surface area contributed by atoms with Crippen molar-refractivity contribution in [1.82, 2.24) is 4.90 Å². The Balaban J connectivity index is 0.00000164. The van der Waals surface area contributed by atoms with Crippen molar-refractivity contribution in [2.45, 2.75) is 183 Å². The van der Waals surface area contributed by atoms with Crippen LogP contribution in [0.2, 0.25) is 0 Å². The molecule has 2 atom stereocenters. The number of rotatable bonds is 21.